The third-order valence-corrected chi connectivity index (χ3v) is 1.77. The van der Waals surface area contributed by atoms with Crippen LogP contribution in [0.4, 0.5) is 0 Å². The molecule has 0 bridgehead atoms. The second-order valence-corrected chi connectivity index (χ2v) is 2.74. The normalized spacial score (nSPS) is 10.0. The molecule has 0 aliphatic rings. The van der Waals surface area contributed by atoms with Gasteiger partial charge >= 0.3 is 0 Å². The molecule has 0 aliphatic carbocycles. The van der Waals surface area contributed by atoms with E-state index in [-0.39, 0.29) is 0 Å². The summed E-state index contributed by atoms with van der Waals surface area (Å²) in [6, 6.07) is 8.32. The fourth-order valence-corrected chi connectivity index (χ4v) is 1.11. The van der Waals surface area contributed by atoms with Gasteiger partial charge in [0.25, 0.3) is 0 Å². The molecule has 0 heterocycles. The Morgan fingerprint density at radius 1 is 1.09 bits per heavy atom. The highest BCUT2D eigenvalue weighted by atomic mass is 14.5. The van der Waals surface area contributed by atoms with Crippen molar-refractivity contribution in [2.75, 3.05) is 0 Å². The maximum absolute atomic E-state index is 7.12. The van der Waals surface area contributed by atoms with Gasteiger partial charge in [-0.05, 0) is 17.5 Å². The van der Waals surface area contributed by atoms with Gasteiger partial charge in [0.1, 0.15) is 0 Å². The molecule has 59 valence electrons. The molecule has 0 saturated heterocycles. The van der Waals surface area contributed by atoms with Gasteiger partial charge in [0.2, 0.25) is 0 Å². The minimum absolute atomic E-state index is 0.395. The van der Waals surface area contributed by atoms with E-state index in [1.54, 1.807) is 0 Å². The monoisotopic (exact) mass is 148 g/mol. The zero-order chi connectivity index (χ0) is 8.10. The Morgan fingerprint density at radius 3 is 2.09 bits per heavy atom. The summed E-state index contributed by atoms with van der Waals surface area (Å²) in [6.07, 6.45) is 2.35. The van der Waals surface area contributed by atoms with Crippen LogP contribution in [0.1, 0.15) is 24.5 Å². The minimum atomic E-state index is 0.395. The molecule has 0 atom stereocenters. The maximum atomic E-state index is 7.12. The van der Waals surface area contributed by atoms with E-state index < -0.39 is 0 Å². The molecule has 1 heteroatoms. The van der Waals surface area contributed by atoms with Gasteiger partial charge in [-0.1, -0.05) is 37.6 Å². The highest BCUT2D eigenvalue weighted by Crippen LogP contribution is 2.05. The molecule has 0 aliphatic heterocycles. The minimum Gasteiger partial charge on any atom is -0.253 e. The van der Waals surface area contributed by atoms with Gasteiger partial charge < -0.3 is 0 Å². The molecule has 1 aromatic rings. The zero-order valence-electron chi connectivity index (χ0n) is 6.93. The summed E-state index contributed by atoms with van der Waals surface area (Å²) in [6.45, 7) is 2.57. The summed E-state index contributed by atoms with van der Waals surface area (Å²) in [7, 11) is 0. The lowest BCUT2D eigenvalue weighted by Gasteiger charge is -1.99. The number of aryl methyl sites for hydroxylation is 1. The molecule has 0 saturated carbocycles. The van der Waals surface area contributed by atoms with Gasteiger partial charge in [-0.2, -0.15) is 0 Å². The first-order chi connectivity index (χ1) is 5.36. The zero-order valence-corrected chi connectivity index (χ0v) is 6.93. The predicted molar refractivity (Wildman–Crippen MR) is 47.2 cm³/mol. The van der Waals surface area contributed by atoms with Crippen molar-refractivity contribution < 1.29 is 0 Å². The maximum Gasteiger partial charge on any atom is 0.0351 e. The second kappa shape index (κ2) is 4.14. The molecule has 0 spiro atoms. The number of rotatable bonds is 3. The molecule has 0 amide bonds. The third kappa shape index (κ3) is 2.35. The molecule has 1 nitrogen and oxygen atoms in total. The van der Waals surface area contributed by atoms with Crippen molar-refractivity contribution in [1.82, 2.24) is 5.73 Å². The lowest BCUT2D eigenvalue weighted by Crippen LogP contribution is -1.86. The molecule has 1 N–H and O–H groups in total. The molecule has 11 heavy (non-hydrogen) atoms. The van der Waals surface area contributed by atoms with Crippen LogP contribution in [0.25, 0.3) is 0 Å². The highest BCUT2D eigenvalue weighted by Gasteiger charge is 1.90. The Bertz CT molecular complexity index is 201. The molecule has 1 radical (unpaired) electrons. The van der Waals surface area contributed by atoms with E-state index in [0.717, 1.165) is 12.0 Å². The molecule has 0 aromatic heterocycles. The summed E-state index contributed by atoms with van der Waals surface area (Å²) in [4.78, 5) is 0. The second-order valence-electron chi connectivity index (χ2n) is 2.74. The average molecular weight is 148 g/mol. The molecule has 1 aromatic carbocycles. The van der Waals surface area contributed by atoms with E-state index in [0.29, 0.717) is 6.54 Å². The number of hydrogen-bond donors (Lipinski definition) is 0. The van der Waals surface area contributed by atoms with E-state index in [4.69, 9.17) is 5.73 Å². The quantitative estimate of drug-likeness (QED) is 0.628. The van der Waals surface area contributed by atoms with Crippen LogP contribution in [-0.4, -0.2) is 0 Å². The Morgan fingerprint density at radius 2 is 1.64 bits per heavy atom. The van der Waals surface area contributed by atoms with Crippen molar-refractivity contribution in [3.8, 4) is 0 Å². The van der Waals surface area contributed by atoms with E-state index in [2.05, 4.69) is 19.1 Å². The van der Waals surface area contributed by atoms with Crippen LogP contribution in [0.2, 0.25) is 0 Å². The van der Waals surface area contributed by atoms with E-state index in [1.165, 1.54) is 12.0 Å². The van der Waals surface area contributed by atoms with Crippen molar-refractivity contribution in [3.63, 3.8) is 0 Å². The van der Waals surface area contributed by atoms with Crippen LogP contribution in [-0.2, 0) is 13.0 Å². The topological polar surface area (TPSA) is 23.8 Å². The lowest BCUT2D eigenvalue weighted by molar-refractivity contribution is 0.918. The first-order valence-corrected chi connectivity index (χ1v) is 4.09. The highest BCUT2D eigenvalue weighted by molar-refractivity contribution is 5.22. The van der Waals surface area contributed by atoms with Crippen molar-refractivity contribution in [2.24, 2.45) is 0 Å². The smallest absolute Gasteiger partial charge is 0.0351 e. The van der Waals surface area contributed by atoms with Crippen molar-refractivity contribution in [1.29, 1.82) is 0 Å². The Kier molecular flexibility index (Phi) is 3.12. The fourth-order valence-electron chi connectivity index (χ4n) is 1.11. The van der Waals surface area contributed by atoms with Crippen LogP contribution >= 0.6 is 0 Å². The van der Waals surface area contributed by atoms with Gasteiger partial charge in [-0.15, -0.1) is 0 Å². The Hall–Kier alpha value is -0.820. The molecular weight excluding hydrogens is 134 g/mol. The average Bonchev–Trinajstić information content (AvgIpc) is 2.07. The third-order valence-electron chi connectivity index (χ3n) is 1.77. The first kappa shape index (κ1) is 8.28. The Labute approximate surface area is 68.2 Å². The number of nitrogens with one attached hydrogen (secondary N) is 1. The van der Waals surface area contributed by atoms with Crippen molar-refractivity contribution in [2.45, 2.75) is 26.3 Å². The van der Waals surface area contributed by atoms with E-state index in [1.807, 2.05) is 12.1 Å². The van der Waals surface area contributed by atoms with Gasteiger partial charge in [-0.25, -0.2) is 0 Å². The van der Waals surface area contributed by atoms with Gasteiger partial charge in [0.05, 0.1) is 0 Å². The van der Waals surface area contributed by atoms with Gasteiger partial charge in [0, 0.05) is 6.54 Å². The van der Waals surface area contributed by atoms with Crippen LogP contribution in [0.3, 0.4) is 0 Å². The van der Waals surface area contributed by atoms with E-state index in [9.17, 15) is 0 Å². The molecule has 0 fully saturated rings. The fraction of sp³-hybridized carbons (Fsp3) is 0.400. The van der Waals surface area contributed by atoms with Crippen molar-refractivity contribution >= 4 is 0 Å². The Balaban J connectivity index is 2.66. The van der Waals surface area contributed by atoms with Gasteiger partial charge in [-0.3, -0.25) is 5.73 Å². The first-order valence-electron chi connectivity index (χ1n) is 4.09. The summed E-state index contributed by atoms with van der Waals surface area (Å²) in [5.41, 5.74) is 9.60. The summed E-state index contributed by atoms with van der Waals surface area (Å²) < 4.78 is 0. The van der Waals surface area contributed by atoms with Crippen LogP contribution in [0.5, 0.6) is 0 Å². The standard InChI is InChI=1S/C10H14N/c1-2-3-9-4-6-10(8-11)7-5-9/h4-7,11H,2-3,8H2,1H3. The van der Waals surface area contributed by atoms with Crippen LogP contribution < -0.4 is 5.73 Å². The summed E-state index contributed by atoms with van der Waals surface area (Å²) in [5.74, 6) is 0. The van der Waals surface area contributed by atoms with Gasteiger partial charge in [0.15, 0.2) is 0 Å². The van der Waals surface area contributed by atoms with Crippen molar-refractivity contribution in [3.05, 3.63) is 35.4 Å². The molecule has 0 unspecified atom stereocenters. The summed E-state index contributed by atoms with van der Waals surface area (Å²) >= 11 is 0. The SMILES string of the molecule is CCCc1ccc(C[NH])cc1. The largest absolute Gasteiger partial charge is 0.253 e. The predicted octanol–water partition coefficient (Wildman–Crippen LogP) is 2.42. The van der Waals surface area contributed by atoms with Crippen LogP contribution in [0.15, 0.2) is 24.3 Å². The number of hydrogen-bond acceptors (Lipinski definition) is 0. The summed E-state index contributed by atoms with van der Waals surface area (Å²) in [5, 5.41) is 0. The lowest BCUT2D eigenvalue weighted by atomic mass is 10.1. The molecular formula is C10H14N. The van der Waals surface area contributed by atoms with E-state index >= 15 is 0 Å². The number of benzene rings is 1. The van der Waals surface area contributed by atoms with Crippen LogP contribution in [0, 0.1) is 0 Å². The molecule has 1 rings (SSSR count).